The van der Waals surface area contributed by atoms with Gasteiger partial charge in [-0.1, -0.05) is 17.7 Å². The van der Waals surface area contributed by atoms with Crippen LogP contribution in [0.15, 0.2) is 18.2 Å². The van der Waals surface area contributed by atoms with E-state index in [1.54, 1.807) is 13.2 Å². The summed E-state index contributed by atoms with van der Waals surface area (Å²) in [6.07, 6.45) is 0.664. The van der Waals surface area contributed by atoms with Crippen molar-refractivity contribution in [2.45, 2.75) is 12.5 Å². The Labute approximate surface area is 100.0 Å². The number of hydrogen-bond acceptors (Lipinski definition) is 2. The molecule has 0 amide bonds. The summed E-state index contributed by atoms with van der Waals surface area (Å²) in [5.41, 5.74) is 6.55. The highest BCUT2D eigenvalue weighted by Crippen LogP contribution is 2.20. The van der Waals surface area contributed by atoms with E-state index in [4.69, 9.17) is 22.1 Å². The summed E-state index contributed by atoms with van der Waals surface area (Å²) in [7, 11) is 1.61. The van der Waals surface area contributed by atoms with Crippen LogP contribution in [-0.4, -0.2) is 13.7 Å². The molecule has 0 saturated heterocycles. The van der Waals surface area contributed by atoms with Gasteiger partial charge in [-0.15, -0.1) is 12.4 Å². The lowest BCUT2D eigenvalue weighted by atomic mass is 10.1. The molecule has 15 heavy (non-hydrogen) atoms. The average Bonchev–Trinajstić information content (AvgIpc) is 2.18. The molecule has 1 aromatic rings. The van der Waals surface area contributed by atoms with Crippen LogP contribution in [0.2, 0.25) is 5.02 Å². The van der Waals surface area contributed by atoms with E-state index in [0.717, 1.165) is 5.56 Å². The molecule has 0 spiro atoms. The molecule has 0 saturated carbocycles. The Bertz CT molecular complexity index is 309. The monoisotopic (exact) mass is 253 g/mol. The van der Waals surface area contributed by atoms with Crippen molar-refractivity contribution in [2.75, 3.05) is 13.7 Å². The molecule has 2 N–H and O–H groups in total. The first-order valence-electron chi connectivity index (χ1n) is 4.34. The van der Waals surface area contributed by atoms with Crippen molar-refractivity contribution in [3.63, 3.8) is 0 Å². The molecule has 0 aliphatic heterocycles. The van der Waals surface area contributed by atoms with Gasteiger partial charge in [0.2, 0.25) is 0 Å². The van der Waals surface area contributed by atoms with Crippen molar-refractivity contribution in [2.24, 2.45) is 5.73 Å². The van der Waals surface area contributed by atoms with Gasteiger partial charge in [0.25, 0.3) is 0 Å². The van der Waals surface area contributed by atoms with Crippen LogP contribution in [0.4, 0.5) is 4.39 Å². The lowest BCUT2D eigenvalue weighted by Gasteiger charge is -2.11. The van der Waals surface area contributed by atoms with Crippen molar-refractivity contribution >= 4 is 24.0 Å². The predicted molar refractivity (Wildman–Crippen MR) is 62.1 cm³/mol. The molecular weight excluding hydrogens is 240 g/mol. The van der Waals surface area contributed by atoms with Gasteiger partial charge >= 0.3 is 0 Å². The maximum absolute atomic E-state index is 13.0. The number of hydrogen-bond donors (Lipinski definition) is 1. The molecule has 1 rings (SSSR count). The standard InChI is InChI=1S/C10H13ClFNO.ClH/c1-14-5-4-10(13)7-2-3-8(11)9(12)6-7;/h2-3,6,10H,4-5,13H2,1H3;1H/t10-;/m1./s1. The van der Waals surface area contributed by atoms with Crippen LogP contribution in [0.25, 0.3) is 0 Å². The van der Waals surface area contributed by atoms with Gasteiger partial charge in [-0.25, -0.2) is 4.39 Å². The van der Waals surface area contributed by atoms with Crippen molar-refractivity contribution in [3.05, 3.63) is 34.6 Å². The lowest BCUT2D eigenvalue weighted by Crippen LogP contribution is -2.12. The van der Waals surface area contributed by atoms with Crippen LogP contribution < -0.4 is 5.73 Å². The first-order chi connectivity index (χ1) is 6.65. The van der Waals surface area contributed by atoms with Crippen LogP contribution in [0.3, 0.4) is 0 Å². The molecule has 0 heterocycles. The zero-order valence-corrected chi connectivity index (χ0v) is 9.95. The van der Waals surface area contributed by atoms with E-state index in [0.29, 0.717) is 13.0 Å². The molecule has 86 valence electrons. The van der Waals surface area contributed by atoms with Gasteiger partial charge in [-0.05, 0) is 24.1 Å². The molecular formula is C10H14Cl2FNO. The second kappa shape index (κ2) is 7.01. The summed E-state index contributed by atoms with van der Waals surface area (Å²) in [5.74, 6) is -0.433. The van der Waals surface area contributed by atoms with Gasteiger partial charge in [0.05, 0.1) is 5.02 Å². The Balaban J connectivity index is 0.00000196. The van der Waals surface area contributed by atoms with Crippen LogP contribution in [0, 0.1) is 5.82 Å². The maximum atomic E-state index is 13.0. The Hall–Kier alpha value is -0.350. The summed E-state index contributed by atoms with van der Waals surface area (Å²) >= 11 is 5.55. The molecule has 0 unspecified atom stereocenters. The van der Waals surface area contributed by atoms with Gasteiger partial charge < -0.3 is 10.5 Å². The third kappa shape index (κ3) is 4.34. The summed E-state index contributed by atoms with van der Waals surface area (Å²) in [6.45, 7) is 0.561. The molecule has 0 aliphatic rings. The van der Waals surface area contributed by atoms with E-state index in [2.05, 4.69) is 0 Å². The van der Waals surface area contributed by atoms with Crippen LogP contribution in [0.5, 0.6) is 0 Å². The highest BCUT2D eigenvalue weighted by Gasteiger charge is 2.08. The fourth-order valence-electron chi connectivity index (χ4n) is 1.15. The topological polar surface area (TPSA) is 35.2 Å². The van der Waals surface area contributed by atoms with Crippen LogP contribution >= 0.6 is 24.0 Å². The zero-order valence-electron chi connectivity index (χ0n) is 8.37. The first kappa shape index (κ1) is 14.6. The van der Waals surface area contributed by atoms with E-state index in [-0.39, 0.29) is 23.5 Å². The maximum Gasteiger partial charge on any atom is 0.142 e. The van der Waals surface area contributed by atoms with E-state index < -0.39 is 5.82 Å². The van der Waals surface area contributed by atoms with E-state index >= 15 is 0 Å². The molecule has 1 atom stereocenters. The second-order valence-electron chi connectivity index (χ2n) is 3.06. The van der Waals surface area contributed by atoms with E-state index in [1.165, 1.54) is 12.1 Å². The van der Waals surface area contributed by atoms with Gasteiger partial charge in [0.1, 0.15) is 5.82 Å². The highest BCUT2D eigenvalue weighted by molar-refractivity contribution is 6.30. The predicted octanol–water partition coefficient (Wildman–Crippen LogP) is 2.94. The molecule has 0 bridgehead atoms. The fraction of sp³-hybridized carbons (Fsp3) is 0.400. The second-order valence-corrected chi connectivity index (χ2v) is 3.47. The summed E-state index contributed by atoms with van der Waals surface area (Å²) in [6, 6.07) is 4.40. The fourth-order valence-corrected chi connectivity index (χ4v) is 1.27. The number of methoxy groups -OCH3 is 1. The summed E-state index contributed by atoms with van der Waals surface area (Å²) in [5, 5.41) is 0.118. The minimum Gasteiger partial charge on any atom is -0.385 e. The highest BCUT2D eigenvalue weighted by atomic mass is 35.5. The molecule has 0 fully saturated rings. The molecule has 1 aromatic carbocycles. The Kier molecular flexibility index (Phi) is 6.85. The number of rotatable bonds is 4. The van der Waals surface area contributed by atoms with Crippen LogP contribution in [0.1, 0.15) is 18.0 Å². The Morgan fingerprint density at radius 2 is 2.20 bits per heavy atom. The molecule has 0 aromatic heterocycles. The average molecular weight is 254 g/mol. The summed E-state index contributed by atoms with van der Waals surface area (Å²) < 4.78 is 17.9. The zero-order chi connectivity index (χ0) is 10.6. The van der Waals surface area contributed by atoms with Gasteiger partial charge in [-0.3, -0.25) is 0 Å². The number of benzene rings is 1. The summed E-state index contributed by atoms with van der Waals surface area (Å²) in [4.78, 5) is 0. The van der Waals surface area contributed by atoms with Gasteiger partial charge in [-0.2, -0.15) is 0 Å². The third-order valence-electron chi connectivity index (χ3n) is 2.00. The Morgan fingerprint density at radius 3 is 2.73 bits per heavy atom. The Morgan fingerprint density at radius 1 is 1.53 bits per heavy atom. The third-order valence-corrected chi connectivity index (χ3v) is 2.31. The van der Waals surface area contributed by atoms with Gasteiger partial charge in [0, 0.05) is 19.8 Å². The minimum absolute atomic E-state index is 0. The molecule has 2 nitrogen and oxygen atoms in total. The molecule has 0 radical (unpaired) electrons. The van der Waals surface area contributed by atoms with E-state index in [1.807, 2.05) is 0 Å². The normalized spacial score (nSPS) is 12.0. The van der Waals surface area contributed by atoms with E-state index in [9.17, 15) is 4.39 Å². The van der Waals surface area contributed by atoms with Gasteiger partial charge in [0.15, 0.2) is 0 Å². The largest absolute Gasteiger partial charge is 0.385 e. The minimum atomic E-state index is -0.433. The van der Waals surface area contributed by atoms with Crippen LogP contribution in [-0.2, 0) is 4.74 Å². The van der Waals surface area contributed by atoms with Crippen molar-refractivity contribution in [1.29, 1.82) is 0 Å². The van der Waals surface area contributed by atoms with Crippen molar-refractivity contribution < 1.29 is 9.13 Å². The number of halogens is 3. The smallest absolute Gasteiger partial charge is 0.142 e. The number of nitrogens with two attached hydrogens (primary N) is 1. The molecule has 5 heteroatoms. The quantitative estimate of drug-likeness (QED) is 0.896. The SMILES string of the molecule is COCC[C@@H](N)c1ccc(Cl)c(F)c1.Cl. The van der Waals surface area contributed by atoms with Crippen molar-refractivity contribution in [1.82, 2.24) is 0 Å². The van der Waals surface area contributed by atoms with Crippen molar-refractivity contribution in [3.8, 4) is 0 Å². The first-order valence-corrected chi connectivity index (χ1v) is 4.72. The molecule has 0 aliphatic carbocycles. The number of ether oxygens (including phenoxy) is 1. The lowest BCUT2D eigenvalue weighted by molar-refractivity contribution is 0.188.